The predicted molar refractivity (Wildman–Crippen MR) is 80.7 cm³/mol. The molecule has 4 nitrogen and oxygen atoms in total. The van der Waals surface area contributed by atoms with Crippen molar-refractivity contribution in [3.63, 3.8) is 0 Å². The van der Waals surface area contributed by atoms with Crippen molar-refractivity contribution in [3.05, 3.63) is 21.6 Å². The number of nitrogens with zero attached hydrogens (tertiary/aromatic N) is 1. The van der Waals surface area contributed by atoms with E-state index in [4.69, 9.17) is 17.3 Å². The largest absolute Gasteiger partial charge is 0.398 e. The fourth-order valence-electron chi connectivity index (χ4n) is 2.02. The number of nitrogens with two attached hydrogens (primary N) is 1. The Bertz CT molecular complexity index is 606. The molecule has 1 saturated carbocycles. The molecule has 1 aromatic rings. The van der Waals surface area contributed by atoms with Gasteiger partial charge in [-0.1, -0.05) is 18.5 Å². The number of sulfonamides is 1. The fraction of sp³-hybridized carbons (Fsp3) is 0.500. The van der Waals surface area contributed by atoms with Gasteiger partial charge in [-0.3, -0.25) is 0 Å². The van der Waals surface area contributed by atoms with Crippen LogP contribution in [0.15, 0.2) is 21.5 Å². The molecule has 2 atom stereocenters. The highest BCUT2D eigenvalue weighted by Crippen LogP contribution is 2.39. The first-order chi connectivity index (χ1) is 8.73. The molecule has 7 heteroatoms. The molecular formula is C12H16BrClN2O2S. The third-order valence-electron chi connectivity index (χ3n) is 3.49. The Morgan fingerprint density at radius 3 is 2.63 bits per heavy atom. The molecule has 1 aliphatic carbocycles. The minimum Gasteiger partial charge on any atom is -0.398 e. The smallest absolute Gasteiger partial charge is 0.244 e. The van der Waals surface area contributed by atoms with Crippen molar-refractivity contribution in [3.8, 4) is 0 Å². The number of hydrogen-bond donors (Lipinski definition) is 1. The van der Waals surface area contributed by atoms with E-state index in [9.17, 15) is 8.42 Å². The lowest BCUT2D eigenvalue weighted by Gasteiger charge is -2.18. The Morgan fingerprint density at radius 1 is 1.53 bits per heavy atom. The Hall–Kier alpha value is -0.300. The van der Waals surface area contributed by atoms with Gasteiger partial charge in [0.05, 0.1) is 9.37 Å². The van der Waals surface area contributed by atoms with E-state index in [1.54, 1.807) is 7.05 Å². The SMILES string of the molecule is CC1CC1CN(C)S(=O)(=O)c1cc(Cl)cc(N)c1Br. The van der Waals surface area contributed by atoms with E-state index in [2.05, 4.69) is 22.9 Å². The molecule has 2 unspecified atom stereocenters. The average Bonchev–Trinajstić information content (AvgIpc) is 2.99. The van der Waals surface area contributed by atoms with E-state index < -0.39 is 10.0 Å². The van der Waals surface area contributed by atoms with Crippen LogP contribution in [0.4, 0.5) is 5.69 Å². The van der Waals surface area contributed by atoms with Gasteiger partial charge >= 0.3 is 0 Å². The Labute approximate surface area is 127 Å². The van der Waals surface area contributed by atoms with E-state index >= 15 is 0 Å². The average molecular weight is 368 g/mol. The lowest BCUT2D eigenvalue weighted by atomic mass is 10.3. The summed E-state index contributed by atoms with van der Waals surface area (Å²) in [4.78, 5) is 0.119. The van der Waals surface area contributed by atoms with Crippen LogP contribution in [-0.2, 0) is 10.0 Å². The second-order valence-electron chi connectivity index (χ2n) is 5.07. The summed E-state index contributed by atoms with van der Waals surface area (Å²) in [7, 11) is -1.98. The van der Waals surface area contributed by atoms with Crippen LogP contribution in [0, 0.1) is 11.8 Å². The van der Waals surface area contributed by atoms with E-state index in [1.807, 2.05) is 0 Å². The quantitative estimate of drug-likeness (QED) is 0.832. The molecule has 2 rings (SSSR count). The van der Waals surface area contributed by atoms with Crippen LogP contribution in [0.2, 0.25) is 5.02 Å². The molecule has 0 spiro atoms. The number of anilines is 1. The van der Waals surface area contributed by atoms with Gasteiger partial charge in [0.15, 0.2) is 0 Å². The minimum absolute atomic E-state index is 0.119. The van der Waals surface area contributed by atoms with Gasteiger partial charge in [0.25, 0.3) is 0 Å². The lowest BCUT2D eigenvalue weighted by Crippen LogP contribution is -2.29. The van der Waals surface area contributed by atoms with Crippen LogP contribution in [0.5, 0.6) is 0 Å². The summed E-state index contributed by atoms with van der Waals surface area (Å²) < 4.78 is 26.8. The lowest BCUT2D eigenvalue weighted by molar-refractivity contribution is 0.444. The maximum Gasteiger partial charge on any atom is 0.244 e. The van der Waals surface area contributed by atoms with Gasteiger partial charge < -0.3 is 5.73 Å². The third kappa shape index (κ3) is 3.07. The van der Waals surface area contributed by atoms with Crippen molar-refractivity contribution in [2.45, 2.75) is 18.2 Å². The van der Waals surface area contributed by atoms with Crippen LogP contribution in [-0.4, -0.2) is 26.3 Å². The van der Waals surface area contributed by atoms with Crippen molar-refractivity contribution in [1.29, 1.82) is 0 Å². The topological polar surface area (TPSA) is 63.4 Å². The van der Waals surface area contributed by atoms with Gasteiger partial charge in [-0.15, -0.1) is 0 Å². The zero-order valence-corrected chi connectivity index (χ0v) is 13.9. The molecule has 0 amide bonds. The van der Waals surface area contributed by atoms with Gasteiger partial charge in [-0.2, -0.15) is 0 Å². The van der Waals surface area contributed by atoms with Crippen molar-refractivity contribution in [2.24, 2.45) is 11.8 Å². The Balaban J connectivity index is 2.33. The van der Waals surface area contributed by atoms with E-state index in [-0.39, 0.29) is 4.90 Å². The summed E-state index contributed by atoms with van der Waals surface area (Å²) in [5, 5.41) is 0.312. The maximum atomic E-state index is 12.5. The van der Waals surface area contributed by atoms with Crippen LogP contribution < -0.4 is 5.73 Å². The predicted octanol–water partition coefficient (Wildman–Crippen LogP) is 2.96. The molecular weight excluding hydrogens is 352 g/mol. The summed E-state index contributed by atoms with van der Waals surface area (Å²) >= 11 is 9.11. The van der Waals surface area contributed by atoms with Gasteiger partial charge in [0, 0.05) is 24.3 Å². The number of hydrogen-bond acceptors (Lipinski definition) is 3. The highest BCUT2D eigenvalue weighted by molar-refractivity contribution is 9.10. The fourth-order valence-corrected chi connectivity index (χ4v) is 4.50. The molecule has 1 fully saturated rings. The van der Waals surface area contributed by atoms with Crippen molar-refractivity contribution < 1.29 is 8.42 Å². The van der Waals surface area contributed by atoms with Crippen LogP contribution in [0.25, 0.3) is 0 Å². The first-order valence-corrected chi connectivity index (χ1v) is 8.55. The van der Waals surface area contributed by atoms with Crippen LogP contribution >= 0.6 is 27.5 Å². The summed E-state index contributed by atoms with van der Waals surface area (Å²) in [6, 6.07) is 2.94. The zero-order chi connectivity index (χ0) is 14.4. The first-order valence-electron chi connectivity index (χ1n) is 5.94. The molecule has 0 aromatic heterocycles. The molecule has 0 radical (unpaired) electrons. The van der Waals surface area contributed by atoms with Crippen molar-refractivity contribution >= 4 is 43.2 Å². The summed E-state index contributed by atoms with van der Waals surface area (Å²) in [5.41, 5.74) is 6.06. The Kier molecular flexibility index (Phi) is 4.16. The molecule has 1 aromatic carbocycles. The van der Waals surface area contributed by atoms with Crippen molar-refractivity contribution in [1.82, 2.24) is 4.31 Å². The molecule has 2 N–H and O–H groups in total. The number of halogens is 2. The van der Waals surface area contributed by atoms with Crippen LogP contribution in [0.3, 0.4) is 0 Å². The monoisotopic (exact) mass is 366 g/mol. The molecule has 1 aliphatic rings. The Morgan fingerprint density at radius 2 is 2.11 bits per heavy atom. The van der Waals surface area contributed by atoms with E-state index in [1.165, 1.54) is 16.4 Å². The van der Waals surface area contributed by atoms with Gasteiger partial charge in [0.1, 0.15) is 0 Å². The standard InChI is InChI=1S/C12H16BrClN2O2S/c1-7-3-8(7)6-16(2)19(17,18)11-5-9(14)4-10(15)12(11)13/h4-5,7-8H,3,6,15H2,1-2H3. The molecule has 0 heterocycles. The number of benzene rings is 1. The highest BCUT2D eigenvalue weighted by Gasteiger charge is 2.36. The summed E-state index contributed by atoms with van der Waals surface area (Å²) in [6.45, 7) is 2.65. The minimum atomic E-state index is -3.57. The first kappa shape index (κ1) is 15.1. The number of nitrogen functional groups attached to an aromatic ring is 1. The van der Waals surface area contributed by atoms with Gasteiger partial charge in [-0.25, -0.2) is 12.7 Å². The molecule has 0 bridgehead atoms. The normalized spacial score (nSPS) is 22.8. The summed E-state index contributed by atoms with van der Waals surface area (Å²) in [6.07, 6.45) is 1.08. The van der Waals surface area contributed by atoms with Crippen LogP contribution in [0.1, 0.15) is 13.3 Å². The zero-order valence-electron chi connectivity index (χ0n) is 10.7. The van der Waals surface area contributed by atoms with Crippen molar-refractivity contribution in [2.75, 3.05) is 19.3 Å². The highest BCUT2D eigenvalue weighted by atomic mass is 79.9. The molecule has 0 saturated heterocycles. The van der Waals surface area contributed by atoms with Gasteiger partial charge in [-0.05, 0) is 46.3 Å². The molecule has 106 valence electrons. The van der Waals surface area contributed by atoms with E-state index in [0.717, 1.165) is 6.42 Å². The molecule has 19 heavy (non-hydrogen) atoms. The van der Waals surface area contributed by atoms with Gasteiger partial charge in [0.2, 0.25) is 10.0 Å². The second-order valence-corrected chi connectivity index (χ2v) is 8.31. The van der Waals surface area contributed by atoms with E-state index in [0.29, 0.717) is 33.6 Å². The third-order valence-corrected chi connectivity index (χ3v) is 6.70. The molecule has 0 aliphatic heterocycles. The number of rotatable bonds is 4. The second kappa shape index (κ2) is 5.24. The maximum absolute atomic E-state index is 12.5. The summed E-state index contributed by atoms with van der Waals surface area (Å²) in [5.74, 6) is 1.06.